The molecule has 1 N–H and O–H groups in total. The Kier molecular flexibility index (Phi) is 3.08. The minimum atomic E-state index is -3.86. The first-order valence-corrected chi connectivity index (χ1v) is 9.17. The molecule has 1 aromatic heterocycles. The van der Waals surface area contributed by atoms with Crippen LogP contribution in [0.2, 0.25) is 0 Å². The molecule has 3 aliphatic rings. The fourth-order valence-corrected chi connectivity index (χ4v) is 6.33. The van der Waals surface area contributed by atoms with Gasteiger partial charge in [-0.3, -0.25) is 0 Å². The third kappa shape index (κ3) is 2.11. The lowest BCUT2D eigenvalue weighted by atomic mass is 9.79. The summed E-state index contributed by atoms with van der Waals surface area (Å²) in [5, 5.41) is -0.476. The highest BCUT2D eigenvalue weighted by Gasteiger charge is 2.54. The highest BCUT2D eigenvalue weighted by molar-refractivity contribution is 7.89. The maximum absolute atomic E-state index is 13.7. The van der Waals surface area contributed by atoms with Gasteiger partial charge < -0.3 is 0 Å². The van der Waals surface area contributed by atoms with Crippen LogP contribution in [0.15, 0.2) is 23.4 Å². The number of nitrogens with zero attached hydrogens (tertiary/aromatic N) is 1. The Morgan fingerprint density at radius 3 is 2.81 bits per heavy atom. The van der Waals surface area contributed by atoms with E-state index in [0.717, 1.165) is 24.8 Å². The van der Waals surface area contributed by atoms with Gasteiger partial charge in [0, 0.05) is 12.2 Å². The highest BCUT2D eigenvalue weighted by Crippen LogP contribution is 2.58. The Hall–Kier alpha value is -1.01. The number of nitrogens with one attached hydrogen (secondary N) is 1. The van der Waals surface area contributed by atoms with Gasteiger partial charge in [0.25, 0.3) is 10.0 Å². The smallest absolute Gasteiger partial charge is 0.241 e. The summed E-state index contributed by atoms with van der Waals surface area (Å²) < 4.78 is 41.1. The van der Waals surface area contributed by atoms with Crippen LogP contribution in [0.1, 0.15) is 32.1 Å². The van der Waals surface area contributed by atoms with Crippen molar-refractivity contribution in [1.82, 2.24) is 9.71 Å². The molecule has 3 saturated carbocycles. The molecular formula is C15H19FN2O2S. The van der Waals surface area contributed by atoms with Crippen molar-refractivity contribution in [3.8, 4) is 0 Å². The zero-order valence-electron chi connectivity index (χ0n) is 11.7. The Bertz CT molecular complexity index is 663. The molecule has 1 heterocycles. The lowest BCUT2D eigenvalue weighted by Crippen LogP contribution is -2.42. The fraction of sp³-hybridized carbons (Fsp3) is 0.667. The lowest BCUT2D eigenvalue weighted by Gasteiger charge is -2.31. The molecule has 6 heteroatoms. The minimum absolute atomic E-state index is 0.0410. The van der Waals surface area contributed by atoms with Crippen LogP contribution in [0.5, 0.6) is 0 Å². The van der Waals surface area contributed by atoms with Gasteiger partial charge in [0.2, 0.25) is 5.03 Å². The summed E-state index contributed by atoms with van der Waals surface area (Å²) in [5.74, 6) is 1.78. The van der Waals surface area contributed by atoms with Crippen molar-refractivity contribution >= 4 is 10.0 Å². The molecule has 0 amide bonds. The van der Waals surface area contributed by atoms with Crippen LogP contribution in [-0.2, 0) is 10.0 Å². The van der Waals surface area contributed by atoms with Crippen LogP contribution < -0.4 is 4.72 Å². The second-order valence-electron chi connectivity index (χ2n) is 6.67. The van der Waals surface area contributed by atoms with Crippen LogP contribution in [0.25, 0.3) is 0 Å². The molecule has 114 valence electrons. The van der Waals surface area contributed by atoms with Gasteiger partial charge in [-0.1, -0.05) is 6.42 Å². The lowest BCUT2D eigenvalue weighted by molar-refractivity contribution is 0.224. The molecule has 3 aliphatic carbocycles. The Morgan fingerprint density at radius 1 is 1.19 bits per heavy atom. The van der Waals surface area contributed by atoms with Crippen LogP contribution in [0.4, 0.5) is 4.39 Å². The topological polar surface area (TPSA) is 59.1 Å². The third-order valence-electron chi connectivity index (χ3n) is 5.71. The largest absolute Gasteiger partial charge is 0.261 e. The summed E-state index contributed by atoms with van der Waals surface area (Å²) >= 11 is 0. The molecule has 0 radical (unpaired) electrons. The Morgan fingerprint density at radius 2 is 2.00 bits per heavy atom. The Balaban J connectivity index is 1.56. The standard InChI is InChI=1S/C15H19FN2O2S/c16-13-5-2-6-17-15(13)21(19,20)18-14-8-9-7-12(14)11-4-1-3-10(9)11/h2,5-6,9-12,14,18H,1,3-4,7-8H2. The number of sulfonamides is 1. The van der Waals surface area contributed by atoms with E-state index in [1.807, 2.05) is 0 Å². The molecule has 5 unspecified atom stereocenters. The van der Waals surface area contributed by atoms with Crippen molar-refractivity contribution in [2.45, 2.75) is 43.2 Å². The molecule has 4 nitrogen and oxygen atoms in total. The first-order valence-electron chi connectivity index (χ1n) is 7.69. The predicted molar refractivity (Wildman–Crippen MR) is 75.3 cm³/mol. The summed E-state index contributed by atoms with van der Waals surface area (Å²) in [5.41, 5.74) is 0. The van der Waals surface area contributed by atoms with Crippen LogP contribution in [-0.4, -0.2) is 19.4 Å². The monoisotopic (exact) mass is 310 g/mol. The molecule has 4 rings (SSSR count). The van der Waals surface area contributed by atoms with Crippen molar-refractivity contribution in [1.29, 1.82) is 0 Å². The predicted octanol–water partition coefficient (Wildman–Crippen LogP) is 2.32. The van der Waals surface area contributed by atoms with Gasteiger partial charge in [-0.05, 0) is 61.5 Å². The molecule has 0 spiro atoms. The molecule has 0 aliphatic heterocycles. The molecular weight excluding hydrogens is 291 g/mol. The summed E-state index contributed by atoms with van der Waals surface area (Å²) in [4.78, 5) is 3.70. The average Bonchev–Trinajstić information content (AvgIpc) is 3.09. The van der Waals surface area contributed by atoms with Gasteiger partial charge in [0.15, 0.2) is 5.82 Å². The number of rotatable bonds is 3. The van der Waals surface area contributed by atoms with E-state index in [1.165, 1.54) is 31.5 Å². The molecule has 3 fully saturated rings. The van der Waals surface area contributed by atoms with E-state index in [1.54, 1.807) is 0 Å². The summed E-state index contributed by atoms with van der Waals surface area (Å²) in [6.45, 7) is 0. The maximum Gasteiger partial charge on any atom is 0.261 e. The number of pyridine rings is 1. The summed E-state index contributed by atoms with van der Waals surface area (Å²) in [6.07, 6.45) is 7.15. The summed E-state index contributed by atoms with van der Waals surface area (Å²) in [6, 6.07) is 2.49. The van der Waals surface area contributed by atoms with Crippen molar-refractivity contribution in [3.05, 3.63) is 24.1 Å². The van der Waals surface area contributed by atoms with E-state index in [2.05, 4.69) is 9.71 Å². The SMILES string of the molecule is O=S(=O)(NC1CC2CC1C1CCCC21)c1ncccc1F. The van der Waals surface area contributed by atoms with E-state index in [4.69, 9.17) is 0 Å². The normalized spacial score (nSPS) is 37.9. The second-order valence-corrected chi connectivity index (χ2v) is 8.30. The van der Waals surface area contributed by atoms with E-state index in [0.29, 0.717) is 17.8 Å². The number of hydrogen-bond acceptors (Lipinski definition) is 3. The molecule has 2 bridgehead atoms. The maximum atomic E-state index is 13.7. The quantitative estimate of drug-likeness (QED) is 0.932. The van der Waals surface area contributed by atoms with Crippen molar-refractivity contribution in [2.24, 2.45) is 23.7 Å². The van der Waals surface area contributed by atoms with Crippen molar-refractivity contribution in [2.75, 3.05) is 0 Å². The number of halogens is 1. The van der Waals surface area contributed by atoms with Crippen LogP contribution in [0.3, 0.4) is 0 Å². The van der Waals surface area contributed by atoms with Gasteiger partial charge in [-0.15, -0.1) is 0 Å². The zero-order valence-corrected chi connectivity index (χ0v) is 12.5. The number of aromatic nitrogens is 1. The van der Waals surface area contributed by atoms with E-state index < -0.39 is 20.9 Å². The first kappa shape index (κ1) is 13.6. The molecule has 0 aromatic carbocycles. The van der Waals surface area contributed by atoms with Gasteiger partial charge in [-0.2, -0.15) is 0 Å². The average molecular weight is 310 g/mol. The number of hydrogen-bond donors (Lipinski definition) is 1. The highest BCUT2D eigenvalue weighted by atomic mass is 32.2. The zero-order chi connectivity index (χ0) is 14.6. The van der Waals surface area contributed by atoms with Gasteiger partial charge >= 0.3 is 0 Å². The number of fused-ring (bicyclic) bond motifs is 5. The molecule has 0 saturated heterocycles. The van der Waals surface area contributed by atoms with Gasteiger partial charge in [0.1, 0.15) is 0 Å². The van der Waals surface area contributed by atoms with Crippen molar-refractivity contribution in [3.63, 3.8) is 0 Å². The van der Waals surface area contributed by atoms with Crippen LogP contribution >= 0.6 is 0 Å². The third-order valence-corrected chi connectivity index (χ3v) is 7.14. The fourth-order valence-electron chi connectivity index (χ4n) is 5.03. The van der Waals surface area contributed by atoms with E-state index in [9.17, 15) is 12.8 Å². The van der Waals surface area contributed by atoms with E-state index >= 15 is 0 Å². The minimum Gasteiger partial charge on any atom is -0.241 e. The van der Waals surface area contributed by atoms with Gasteiger partial charge in [0.05, 0.1) is 0 Å². The van der Waals surface area contributed by atoms with E-state index in [-0.39, 0.29) is 6.04 Å². The molecule has 5 atom stereocenters. The summed E-state index contributed by atoms with van der Waals surface area (Å²) in [7, 11) is -3.86. The first-order chi connectivity index (χ1) is 10.1. The second kappa shape index (κ2) is 4.74. The Labute approximate surface area is 124 Å². The molecule has 1 aromatic rings. The van der Waals surface area contributed by atoms with Gasteiger partial charge in [-0.25, -0.2) is 22.5 Å². The van der Waals surface area contributed by atoms with Crippen molar-refractivity contribution < 1.29 is 12.8 Å². The van der Waals surface area contributed by atoms with Crippen LogP contribution in [0, 0.1) is 29.5 Å². The molecule has 21 heavy (non-hydrogen) atoms.